The molecular formula is C20H17ClF3N3O2. The number of carbonyl (C=O) groups excluding carboxylic acids is 1. The van der Waals surface area contributed by atoms with E-state index in [1.54, 1.807) is 42.3 Å². The molecule has 3 aromatic rings. The van der Waals surface area contributed by atoms with Crippen LogP contribution < -0.4 is 5.32 Å². The second-order valence-corrected chi connectivity index (χ2v) is 6.89. The molecular weight excluding hydrogens is 407 g/mol. The highest BCUT2D eigenvalue weighted by Gasteiger charge is 2.33. The largest absolute Gasteiger partial charge is 0.418 e. The number of anilines is 1. The molecule has 0 atom stereocenters. The van der Waals surface area contributed by atoms with Crippen molar-refractivity contribution in [1.82, 2.24) is 10.1 Å². The number of amides is 1. The number of likely N-dealkylation sites (N-methyl/N-ethyl adjacent to an activating group) is 1. The van der Waals surface area contributed by atoms with E-state index in [-0.39, 0.29) is 18.8 Å². The Hall–Kier alpha value is -2.84. The number of nitrogens with zero attached hydrogens (tertiary/aromatic N) is 2. The Kier molecular flexibility index (Phi) is 6.24. The SMILES string of the molecule is CN(CC(=O)Nc1ccccc1C(F)(F)F)Cc1cc(-c2ccc(Cl)cc2)no1. The van der Waals surface area contributed by atoms with Crippen molar-refractivity contribution in [1.29, 1.82) is 0 Å². The van der Waals surface area contributed by atoms with Crippen LogP contribution in [0.25, 0.3) is 11.3 Å². The maximum absolute atomic E-state index is 13.0. The average Bonchev–Trinajstić information content (AvgIpc) is 3.10. The van der Waals surface area contributed by atoms with Gasteiger partial charge in [0.05, 0.1) is 24.3 Å². The number of benzene rings is 2. The third kappa shape index (κ3) is 5.58. The van der Waals surface area contributed by atoms with Crippen molar-refractivity contribution in [3.63, 3.8) is 0 Å². The fourth-order valence-electron chi connectivity index (χ4n) is 2.74. The fourth-order valence-corrected chi connectivity index (χ4v) is 2.87. The van der Waals surface area contributed by atoms with Crippen LogP contribution in [-0.4, -0.2) is 29.6 Å². The molecule has 1 amide bonds. The van der Waals surface area contributed by atoms with Crippen LogP contribution in [0.3, 0.4) is 0 Å². The average molecular weight is 424 g/mol. The lowest BCUT2D eigenvalue weighted by molar-refractivity contribution is -0.137. The number of rotatable bonds is 6. The van der Waals surface area contributed by atoms with Gasteiger partial charge in [0, 0.05) is 16.7 Å². The first-order valence-corrected chi connectivity index (χ1v) is 8.96. The van der Waals surface area contributed by atoms with Gasteiger partial charge in [0.2, 0.25) is 5.91 Å². The van der Waals surface area contributed by atoms with Crippen LogP contribution in [0.4, 0.5) is 18.9 Å². The van der Waals surface area contributed by atoms with Gasteiger partial charge in [-0.25, -0.2) is 0 Å². The van der Waals surface area contributed by atoms with E-state index in [4.69, 9.17) is 16.1 Å². The minimum atomic E-state index is -4.55. The van der Waals surface area contributed by atoms with Crippen molar-refractivity contribution in [2.75, 3.05) is 18.9 Å². The number of halogens is 4. The van der Waals surface area contributed by atoms with E-state index >= 15 is 0 Å². The first kappa shape index (κ1) is 20.9. The Bertz CT molecular complexity index is 987. The fraction of sp³-hybridized carbons (Fsp3) is 0.200. The summed E-state index contributed by atoms with van der Waals surface area (Å²) in [4.78, 5) is 13.8. The van der Waals surface area contributed by atoms with E-state index in [0.717, 1.165) is 11.6 Å². The van der Waals surface area contributed by atoms with Crippen molar-refractivity contribution >= 4 is 23.2 Å². The third-order valence-corrected chi connectivity index (χ3v) is 4.30. The summed E-state index contributed by atoms with van der Waals surface area (Å²) in [6.45, 7) is 0.137. The Labute approximate surface area is 170 Å². The number of nitrogens with one attached hydrogen (secondary N) is 1. The monoisotopic (exact) mass is 423 g/mol. The molecule has 1 heterocycles. The van der Waals surface area contributed by atoms with Gasteiger partial charge in [-0.2, -0.15) is 13.2 Å². The summed E-state index contributed by atoms with van der Waals surface area (Å²) >= 11 is 5.86. The second kappa shape index (κ2) is 8.67. The van der Waals surface area contributed by atoms with Gasteiger partial charge in [0.1, 0.15) is 5.69 Å². The quantitative estimate of drug-likeness (QED) is 0.600. The molecule has 0 spiro atoms. The van der Waals surface area contributed by atoms with Crippen molar-refractivity contribution in [2.24, 2.45) is 0 Å². The second-order valence-electron chi connectivity index (χ2n) is 6.45. The number of carbonyl (C=O) groups is 1. The standard InChI is InChI=1S/C20H17ClF3N3O2/c1-27(11-15-10-18(26-29-15)13-6-8-14(21)9-7-13)12-19(28)25-17-5-3-2-4-16(17)20(22,23)24/h2-10H,11-12H2,1H3,(H,25,28). The van der Waals surface area contributed by atoms with Crippen molar-refractivity contribution in [3.05, 3.63) is 70.9 Å². The molecule has 0 unspecified atom stereocenters. The van der Waals surface area contributed by atoms with Crippen LogP contribution >= 0.6 is 11.6 Å². The Morgan fingerprint density at radius 1 is 1.17 bits per heavy atom. The number of hydrogen-bond acceptors (Lipinski definition) is 4. The van der Waals surface area contributed by atoms with E-state index in [2.05, 4.69) is 10.5 Å². The van der Waals surface area contributed by atoms with Gasteiger partial charge < -0.3 is 9.84 Å². The smallest absolute Gasteiger partial charge is 0.359 e. The van der Waals surface area contributed by atoms with Crippen LogP contribution in [0.1, 0.15) is 11.3 Å². The highest BCUT2D eigenvalue weighted by Crippen LogP contribution is 2.34. The number of alkyl halides is 3. The molecule has 0 aliphatic carbocycles. The first-order chi connectivity index (χ1) is 13.7. The molecule has 0 saturated heterocycles. The van der Waals surface area contributed by atoms with E-state index in [9.17, 15) is 18.0 Å². The van der Waals surface area contributed by atoms with E-state index in [0.29, 0.717) is 16.5 Å². The van der Waals surface area contributed by atoms with Gasteiger partial charge in [0.25, 0.3) is 0 Å². The van der Waals surface area contributed by atoms with Crippen LogP contribution in [0.2, 0.25) is 5.02 Å². The number of aromatic nitrogens is 1. The lowest BCUT2D eigenvalue weighted by Gasteiger charge is -2.17. The van der Waals surface area contributed by atoms with Crippen LogP contribution in [-0.2, 0) is 17.5 Å². The van der Waals surface area contributed by atoms with E-state index < -0.39 is 17.6 Å². The van der Waals surface area contributed by atoms with Gasteiger partial charge in [-0.05, 0) is 31.3 Å². The summed E-state index contributed by atoms with van der Waals surface area (Å²) in [7, 11) is 1.65. The van der Waals surface area contributed by atoms with Gasteiger partial charge in [0.15, 0.2) is 5.76 Å². The molecule has 0 radical (unpaired) electrons. The molecule has 29 heavy (non-hydrogen) atoms. The predicted octanol–water partition coefficient (Wildman–Crippen LogP) is 5.08. The summed E-state index contributed by atoms with van der Waals surface area (Å²) in [5, 5.41) is 6.90. The van der Waals surface area contributed by atoms with Gasteiger partial charge >= 0.3 is 6.18 Å². The van der Waals surface area contributed by atoms with Crippen LogP contribution in [0.5, 0.6) is 0 Å². The number of para-hydroxylation sites is 1. The molecule has 0 aliphatic heterocycles. The van der Waals surface area contributed by atoms with Crippen LogP contribution in [0.15, 0.2) is 59.1 Å². The molecule has 3 rings (SSSR count). The summed E-state index contributed by atoms with van der Waals surface area (Å²) < 4.78 is 44.4. The van der Waals surface area contributed by atoms with Gasteiger partial charge in [-0.1, -0.05) is 41.0 Å². The summed E-state index contributed by atoms with van der Waals surface area (Å²) in [6.07, 6.45) is -4.55. The highest BCUT2D eigenvalue weighted by molar-refractivity contribution is 6.30. The van der Waals surface area contributed by atoms with Crippen LogP contribution in [0, 0.1) is 0 Å². The van der Waals surface area contributed by atoms with Crippen molar-refractivity contribution in [2.45, 2.75) is 12.7 Å². The molecule has 1 aromatic heterocycles. The number of hydrogen-bond donors (Lipinski definition) is 1. The maximum Gasteiger partial charge on any atom is 0.418 e. The van der Waals surface area contributed by atoms with Crippen molar-refractivity contribution in [3.8, 4) is 11.3 Å². The molecule has 1 N–H and O–H groups in total. The first-order valence-electron chi connectivity index (χ1n) is 8.58. The lowest BCUT2D eigenvalue weighted by atomic mass is 10.1. The third-order valence-electron chi connectivity index (χ3n) is 4.04. The van der Waals surface area contributed by atoms with Gasteiger partial charge in [-0.15, -0.1) is 0 Å². The summed E-state index contributed by atoms with van der Waals surface area (Å²) in [6, 6.07) is 13.7. The maximum atomic E-state index is 13.0. The van der Waals surface area contributed by atoms with Gasteiger partial charge in [-0.3, -0.25) is 9.69 Å². The topological polar surface area (TPSA) is 58.4 Å². The molecule has 152 valence electrons. The minimum Gasteiger partial charge on any atom is -0.359 e. The summed E-state index contributed by atoms with van der Waals surface area (Å²) in [5.74, 6) is -0.0532. The predicted molar refractivity (Wildman–Crippen MR) is 103 cm³/mol. The zero-order valence-electron chi connectivity index (χ0n) is 15.3. The lowest BCUT2D eigenvalue weighted by Crippen LogP contribution is -2.30. The van der Waals surface area contributed by atoms with E-state index in [1.807, 2.05) is 0 Å². The zero-order chi connectivity index (χ0) is 21.0. The molecule has 0 saturated carbocycles. The molecule has 0 fully saturated rings. The molecule has 0 aliphatic rings. The zero-order valence-corrected chi connectivity index (χ0v) is 16.1. The Morgan fingerprint density at radius 3 is 2.55 bits per heavy atom. The molecule has 5 nitrogen and oxygen atoms in total. The Balaban J connectivity index is 1.59. The highest BCUT2D eigenvalue weighted by atomic mass is 35.5. The normalized spacial score (nSPS) is 11.7. The molecule has 2 aromatic carbocycles. The van der Waals surface area contributed by atoms with Crippen molar-refractivity contribution < 1.29 is 22.5 Å². The summed E-state index contributed by atoms with van der Waals surface area (Å²) in [5.41, 5.74) is 0.282. The Morgan fingerprint density at radius 2 is 1.86 bits per heavy atom. The molecule has 9 heteroatoms. The minimum absolute atomic E-state index is 0.122. The molecule has 0 bridgehead atoms. The van der Waals surface area contributed by atoms with E-state index in [1.165, 1.54) is 18.2 Å².